The Kier molecular flexibility index (Phi) is 4.39. The highest BCUT2D eigenvalue weighted by molar-refractivity contribution is 7.18. The van der Waals surface area contributed by atoms with E-state index in [2.05, 4.69) is 34.4 Å². The summed E-state index contributed by atoms with van der Waals surface area (Å²) in [6.07, 6.45) is 1.57. The van der Waals surface area contributed by atoms with E-state index in [4.69, 9.17) is 0 Å². The van der Waals surface area contributed by atoms with E-state index in [-0.39, 0.29) is 6.03 Å². The van der Waals surface area contributed by atoms with Gasteiger partial charge in [-0.1, -0.05) is 0 Å². The first-order valence-corrected chi connectivity index (χ1v) is 7.22. The molecule has 0 aliphatic rings. The van der Waals surface area contributed by atoms with Gasteiger partial charge >= 0.3 is 6.03 Å². The van der Waals surface area contributed by atoms with Crippen LogP contribution in [0.25, 0.3) is 10.2 Å². The van der Waals surface area contributed by atoms with Gasteiger partial charge in [0.1, 0.15) is 17.0 Å². The van der Waals surface area contributed by atoms with Gasteiger partial charge < -0.3 is 15.5 Å². The number of nitrogens with zero attached hydrogens (tertiary/aromatic N) is 3. The van der Waals surface area contributed by atoms with Crippen LogP contribution in [0.4, 0.5) is 10.6 Å². The van der Waals surface area contributed by atoms with Crippen molar-refractivity contribution >= 4 is 33.4 Å². The first kappa shape index (κ1) is 14.5. The molecule has 0 fully saturated rings. The average Bonchev–Trinajstić information content (AvgIpc) is 2.70. The molecule has 7 heteroatoms. The lowest BCUT2D eigenvalue weighted by Gasteiger charge is -2.12. The predicted octanol–water partition coefficient (Wildman–Crippen LogP) is 1.99. The Morgan fingerprint density at radius 3 is 2.75 bits per heavy atom. The third-order valence-corrected chi connectivity index (χ3v) is 4.18. The molecule has 0 saturated heterocycles. The summed E-state index contributed by atoms with van der Waals surface area (Å²) in [4.78, 5) is 23.7. The molecular weight excluding hydrogens is 274 g/mol. The van der Waals surface area contributed by atoms with E-state index in [1.54, 1.807) is 31.8 Å². The predicted molar refractivity (Wildman–Crippen MR) is 82.5 cm³/mol. The minimum absolute atomic E-state index is 0.0952. The van der Waals surface area contributed by atoms with Gasteiger partial charge in [0.2, 0.25) is 0 Å². The van der Waals surface area contributed by atoms with Crippen molar-refractivity contribution in [2.75, 3.05) is 32.5 Å². The van der Waals surface area contributed by atoms with Gasteiger partial charge in [0.05, 0.1) is 5.39 Å². The number of anilines is 1. The van der Waals surface area contributed by atoms with E-state index in [1.807, 2.05) is 0 Å². The Bertz CT molecular complexity index is 622. The van der Waals surface area contributed by atoms with Gasteiger partial charge in [0, 0.05) is 32.1 Å². The fraction of sp³-hybridized carbons (Fsp3) is 0.462. The Morgan fingerprint density at radius 2 is 2.05 bits per heavy atom. The van der Waals surface area contributed by atoms with Gasteiger partial charge in [0.15, 0.2) is 0 Å². The Balaban J connectivity index is 2.02. The van der Waals surface area contributed by atoms with Crippen molar-refractivity contribution in [1.29, 1.82) is 0 Å². The van der Waals surface area contributed by atoms with Gasteiger partial charge in [-0.2, -0.15) is 0 Å². The molecular formula is C13H19N5OS. The first-order valence-electron chi connectivity index (χ1n) is 6.40. The number of nitrogens with one attached hydrogen (secondary N) is 2. The molecule has 2 heterocycles. The van der Waals surface area contributed by atoms with Crippen molar-refractivity contribution in [2.24, 2.45) is 0 Å². The van der Waals surface area contributed by atoms with Crippen molar-refractivity contribution in [3.8, 4) is 0 Å². The van der Waals surface area contributed by atoms with Crippen molar-refractivity contribution in [1.82, 2.24) is 20.2 Å². The zero-order valence-electron chi connectivity index (χ0n) is 12.1. The summed E-state index contributed by atoms with van der Waals surface area (Å²) < 4.78 is 0. The van der Waals surface area contributed by atoms with E-state index in [0.29, 0.717) is 13.1 Å². The number of amides is 2. The molecule has 0 aliphatic heterocycles. The molecule has 6 nitrogen and oxygen atoms in total. The van der Waals surface area contributed by atoms with E-state index < -0.39 is 0 Å². The van der Waals surface area contributed by atoms with Crippen molar-refractivity contribution in [3.05, 3.63) is 16.8 Å². The SMILES string of the molecule is Cc1sc2ncnc(NCCNC(=O)N(C)C)c2c1C. The van der Waals surface area contributed by atoms with Gasteiger partial charge in [-0.25, -0.2) is 14.8 Å². The van der Waals surface area contributed by atoms with Crippen molar-refractivity contribution < 1.29 is 4.79 Å². The van der Waals surface area contributed by atoms with Crippen LogP contribution in [-0.2, 0) is 0 Å². The number of thiophene rings is 1. The number of carbonyl (C=O) groups excluding carboxylic acids is 1. The van der Waals surface area contributed by atoms with Gasteiger partial charge in [-0.15, -0.1) is 11.3 Å². The number of urea groups is 1. The Morgan fingerprint density at radius 1 is 1.30 bits per heavy atom. The van der Waals surface area contributed by atoms with Crippen LogP contribution >= 0.6 is 11.3 Å². The normalized spacial score (nSPS) is 10.6. The quantitative estimate of drug-likeness (QED) is 0.846. The second-order valence-corrected chi connectivity index (χ2v) is 5.94. The Hall–Kier alpha value is -1.89. The molecule has 2 aromatic rings. The summed E-state index contributed by atoms with van der Waals surface area (Å²) in [6.45, 7) is 5.34. The molecule has 0 aromatic carbocycles. The number of fused-ring (bicyclic) bond motifs is 1. The van der Waals surface area contributed by atoms with Crippen LogP contribution in [0.3, 0.4) is 0 Å². The molecule has 2 amide bonds. The molecule has 20 heavy (non-hydrogen) atoms. The Labute approximate surface area is 122 Å². The maximum atomic E-state index is 11.4. The van der Waals surface area contributed by atoms with Gasteiger partial charge in [-0.05, 0) is 19.4 Å². The molecule has 2 N–H and O–H groups in total. The summed E-state index contributed by atoms with van der Waals surface area (Å²) in [5.74, 6) is 0.830. The lowest BCUT2D eigenvalue weighted by Crippen LogP contribution is -2.37. The largest absolute Gasteiger partial charge is 0.368 e. The van der Waals surface area contributed by atoms with Gasteiger partial charge in [-0.3, -0.25) is 0 Å². The lowest BCUT2D eigenvalue weighted by molar-refractivity contribution is 0.218. The van der Waals surface area contributed by atoms with Crippen LogP contribution in [-0.4, -0.2) is 48.1 Å². The van der Waals surface area contributed by atoms with Crippen LogP contribution in [0.5, 0.6) is 0 Å². The van der Waals surface area contributed by atoms with E-state index in [1.165, 1.54) is 15.3 Å². The molecule has 2 rings (SSSR count). The zero-order chi connectivity index (χ0) is 14.7. The second kappa shape index (κ2) is 6.04. The van der Waals surface area contributed by atoms with E-state index >= 15 is 0 Å². The molecule has 0 spiro atoms. The molecule has 0 saturated carbocycles. The molecule has 2 aromatic heterocycles. The van der Waals surface area contributed by atoms with Crippen LogP contribution in [0.2, 0.25) is 0 Å². The smallest absolute Gasteiger partial charge is 0.316 e. The number of hydrogen-bond acceptors (Lipinski definition) is 5. The average molecular weight is 293 g/mol. The van der Waals surface area contributed by atoms with Crippen molar-refractivity contribution in [3.63, 3.8) is 0 Å². The summed E-state index contributed by atoms with van der Waals surface area (Å²) >= 11 is 1.67. The molecule has 0 bridgehead atoms. The fourth-order valence-corrected chi connectivity index (χ4v) is 2.82. The summed E-state index contributed by atoms with van der Waals surface area (Å²) in [7, 11) is 3.43. The number of carbonyl (C=O) groups is 1. The summed E-state index contributed by atoms with van der Waals surface area (Å²) in [5, 5.41) is 7.14. The highest BCUT2D eigenvalue weighted by Gasteiger charge is 2.11. The highest BCUT2D eigenvalue weighted by Crippen LogP contribution is 2.32. The zero-order valence-corrected chi connectivity index (χ0v) is 13.0. The summed E-state index contributed by atoms with van der Waals surface area (Å²) in [6, 6.07) is -0.0952. The number of aromatic nitrogens is 2. The fourth-order valence-electron chi connectivity index (χ4n) is 1.82. The molecule has 0 unspecified atom stereocenters. The second-order valence-electron chi connectivity index (χ2n) is 4.74. The highest BCUT2D eigenvalue weighted by atomic mass is 32.1. The van der Waals surface area contributed by atoms with E-state index in [0.717, 1.165) is 16.0 Å². The first-order chi connectivity index (χ1) is 9.50. The van der Waals surface area contributed by atoms with Crippen LogP contribution < -0.4 is 10.6 Å². The molecule has 0 aliphatic carbocycles. The third kappa shape index (κ3) is 2.98. The number of aryl methyl sites for hydroxylation is 2. The monoisotopic (exact) mass is 293 g/mol. The summed E-state index contributed by atoms with van der Waals surface area (Å²) in [5.41, 5.74) is 1.21. The number of hydrogen-bond donors (Lipinski definition) is 2. The van der Waals surface area contributed by atoms with Crippen molar-refractivity contribution in [2.45, 2.75) is 13.8 Å². The standard InChI is InChI=1S/C13H19N5OS/c1-8-9(2)20-12-10(8)11(16-7-17-12)14-5-6-15-13(19)18(3)4/h7H,5-6H2,1-4H3,(H,15,19)(H,14,16,17). The van der Waals surface area contributed by atoms with E-state index in [9.17, 15) is 4.79 Å². The number of rotatable bonds is 4. The molecule has 0 radical (unpaired) electrons. The van der Waals surface area contributed by atoms with Crippen LogP contribution in [0, 0.1) is 13.8 Å². The topological polar surface area (TPSA) is 70.1 Å². The van der Waals surface area contributed by atoms with Crippen LogP contribution in [0.1, 0.15) is 10.4 Å². The minimum Gasteiger partial charge on any atom is -0.368 e. The van der Waals surface area contributed by atoms with Gasteiger partial charge in [0.25, 0.3) is 0 Å². The maximum Gasteiger partial charge on any atom is 0.316 e. The molecule has 0 atom stereocenters. The van der Waals surface area contributed by atoms with Crippen LogP contribution in [0.15, 0.2) is 6.33 Å². The lowest BCUT2D eigenvalue weighted by atomic mass is 10.2. The molecule has 108 valence electrons. The maximum absolute atomic E-state index is 11.4. The third-order valence-electron chi connectivity index (χ3n) is 3.07. The minimum atomic E-state index is -0.0952.